The number of amides is 2. The first kappa shape index (κ1) is 27.1. The van der Waals surface area contributed by atoms with Gasteiger partial charge in [-0.2, -0.15) is 0 Å². The highest BCUT2D eigenvalue weighted by atomic mass is 16.5. The minimum absolute atomic E-state index is 0.114. The van der Waals surface area contributed by atoms with Crippen LogP contribution in [0.25, 0.3) is 0 Å². The Morgan fingerprint density at radius 2 is 1.78 bits per heavy atom. The monoisotopic (exact) mass is 555 g/mol. The Morgan fingerprint density at radius 3 is 2.61 bits per heavy atom. The van der Waals surface area contributed by atoms with Crippen LogP contribution in [0.1, 0.15) is 87.4 Å². The van der Waals surface area contributed by atoms with E-state index in [4.69, 9.17) is 9.47 Å². The number of aromatic amines is 1. The van der Waals surface area contributed by atoms with E-state index in [1.807, 2.05) is 43.0 Å². The number of H-pyrrole nitrogens is 1. The summed E-state index contributed by atoms with van der Waals surface area (Å²) in [6.07, 6.45) is 3.98. The number of Topliss-reactive ketones (excluding diaryl/α,β-unsaturated/α-hetero) is 1. The molecule has 0 spiro atoms. The third-order valence-electron chi connectivity index (χ3n) is 8.55. The van der Waals surface area contributed by atoms with Gasteiger partial charge in [0.15, 0.2) is 5.78 Å². The summed E-state index contributed by atoms with van der Waals surface area (Å²) < 4.78 is 12.3. The molecular formula is C33H37N3O5. The Hall–Kier alpha value is -4.07. The first-order valence-corrected chi connectivity index (χ1v) is 14.8. The van der Waals surface area contributed by atoms with Gasteiger partial charge in [-0.15, -0.1) is 0 Å². The molecule has 7 rings (SSSR count). The molecule has 4 aliphatic rings. The number of fused-ring (bicyclic) bond motifs is 9. The van der Waals surface area contributed by atoms with Crippen LogP contribution in [0.15, 0.2) is 42.5 Å². The van der Waals surface area contributed by atoms with Crippen molar-refractivity contribution in [3.63, 3.8) is 0 Å². The predicted octanol–water partition coefficient (Wildman–Crippen LogP) is 5.03. The Balaban J connectivity index is 1.30. The third-order valence-corrected chi connectivity index (χ3v) is 8.55. The molecule has 3 aromatic rings. The average Bonchev–Trinajstić information content (AvgIpc) is 3.33. The molecule has 1 unspecified atom stereocenters. The summed E-state index contributed by atoms with van der Waals surface area (Å²) in [7, 11) is 0. The molecule has 4 heterocycles. The van der Waals surface area contributed by atoms with Crippen molar-refractivity contribution in [3.8, 4) is 11.5 Å². The van der Waals surface area contributed by atoms with Gasteiger partial charge in [0.25, 0.3) is 5.91 Å². The van der Waals surface area contributed by atoms with Crippen LogP contribution in [0.4, 0.5) is 0 Å². The number of rotatable bonds is 2. The number of carbonyl (C=O) groups is 3. The van der Waals surface area contributed by atoms with Crippen LogP contribution in [0.5, 0.6) is 11.5 Å². The lowest BCUT2D eigenvalue weighted by molar-refractivity contribution is -0.132. The average molecular weight is 556 g/mol. The van der Waals surface area contributed by atoms with Crippen molar-refractivity contribution in [3.05, 3.63) is 81.7 Å². The van der Waals surface area contributed by atoms with Gasteiger partial charge in [0.05, 0.1) is 19.2 Å². The molecular weight excluding hydrogens is 518 g/mol. The highest BCUT2D eigenvalue weighted by Crippen LogP contribution is 2.38. The number of carbonyl (C=O) groups excluding carboxylic acids is 3. The van der Waals surface area contributed by atoms with Crippen LogP contribution in [-0.4, -0.2) is 65.2 Å². The lowest BCUT2D eigenvalue weighted by atomic mass is 9.87. The molecule has 214 valence electrons. The summed E-state index contributed by atoms with van der Waals surface area (Å²) >= 11 is 0. The van der Waals surface area contributed by atoms with Crippen molar-refractivity contribution in [1.29, 1.82) is 0 Å². The van der Waals surface area contributed by atoms with E-state index in [1.54, 1.807) is 4.90 Å². The number of benzene rings is 2. The van der Waals surface area contributed by atoms with E-state index in [2.05, 4.69) is 23.2 Å². The standard InChI is InChI=1S/C33H37N3O5/c1-3-29(38)36-15-13-22-19-25-11-12-26(22)32(36)23-7-4-8-24(20-23)40-17-6-14-35(16-18-41-25)33(39)31-21(2)30-27(34-31)9-5-10-28(30)37/h4,7-8,11-12,19-20,32,34H,3,5-6,9-10,13-18H2,1-2H3. The van der Waals surface area contributed by atoms with E-state index < -0.39 is 0 Å². The van der Waals surface area contributed by atoms with Crippen molar-refractivity contribution < 1.29 is 23.9 Å². The molecule has 41 heavy (non-hydrogen) atoms. The number of aryl methyl sites for hydroxylation is 1. The number of hydrogen-bond acceptors (Lipinski definition) is 5. The molecule has 1 aliphatic carbocycles. The van der Waals surface area contributed by atoms with Gasteiger partial charge in [0.1, 0.15) is 23.8 Å². The normalized spacial score (nSPS) is 18.9. The van der Waals surface area contributed by atoms with Crippen molar-refractivity contribution in [2.75, 3.05) is 32.8 Å². The summed E-state index contributed by atoms with van der Waals surface area (Å²) in [6.45, 7) is 6.09. The van der Waals surface area contributed by atoms with Gasteiger partial charge in [-0.05, 0) is 79.1 Å². The van der Waals surface area contributed by atoms with Crippen LogP contribution in [0.2, 0.25) is 0 Å². The minimum Gasteiger partial charge on any atom is -0.494 e. The van der Waals surface area contributed by atoms with Gasteiger partial charge in [0.2, 0.25) is 5.91 Å². The summed E-state index contributed by atoms with van der Waals surface area (Å²) in [5.41, 5.74) is 6.10. The Kier molecular flexibility index (Phi) is 7.56. The first-order valence-electron chi connectivity index (χ1n) is 14.8. The van der Waals surface area contributed by atoms with Crippen LogP contribution in [0.3, 0.4) is 0 Å². The number of nitrogens with one attached hydrogen (secondary N) is 1. The van der Waals surface area contributed by atoms with Gasteiger partial charge in [-0.3, -0.25) is 14.4 Å². The second kappa shape index (κ2) is 11.4. The molecule has 2 aromatic carbocycles. The van der Waals surface area contributed by atoms with E-state index >= 15 is 0 Å². The maximum atomic E-state index is 13.8. The fourth-order valence-electron chi connectivity index (χ4n) is 6.48. The van der Waals surface area contributed by atoms with Crippen molar-refractivity contribution in [2.24, 2.45) is 0 Å². The smallest absolute Gasteiger partial charge is 0.270 e. The predicted molar refractivity (Wildman–Crippen MR) is 155 cm³/mol. The molecule has 0 radical (unpaired) electrons. The van der Waals surface area contributed by atoms with Gasteiger partial charge < -0.3 is 24.3 Å². The van der Waals surface area contributed by atoms with Crippen LogP contribution in [0, 0.1) is 6.92 Å². The molecule has 0 fully saturated rings. The number of ether oxygens (including phenoxy) is 2. The zero-order valence-electron chi connectivity index (χ0n) is 23.8. The third kappa shape index (κ3) is 5.23. The van der Waals surface area contributed by atoms with E-state index in [-0.39, 0.29) is 23.6 Å². The van der Waals surface area contributed by atoms with Crippen molar-refractivity contribution >= 4 is 17.6 Å². The Labute approximate surface area is 240 Å². The zero-order chi connectivity index (χ0) is 28.5. The molecule has 1 atom stereocenters. The van der Waals surface area contributed by atoms with E-state index in [0.717, 1.165) is 58.7 Å². The molecule has 1 N–H and O–H groups in total. The van der Waals surface area contributed by atoms with Crippen LogP contribution in [-0.2, 0) is 17.6 Å². The lowest BCUT2D eigenvalue weighted by Crippen LogP contribution is -2.40. The number of ketones is 1. The van der Waals surface area contributed by atoms with Gasteiger partial charge >= 0.3 is 0 Å². The number of nitrogens with zero attached hydrogens (tertiary/aromatic N) is 2. The molecule has 6 bridgehead atoms. The van der Waals surface area contributed by atoms with E-state index in [1.165, 1.54) is 0 Å². The maximum Gasteiger partial charge on any atom is 0.270 e. The van der Waals surface area contributed by atoms with Crippen LogP contribution >= 0.6 is 0 Å². The summed E-state index contributed by atoms with van der Waals surface area (Å²) in [5.74, 6) is 1.63. The van der Waals surface area contributed by atoms with Crippen molar-refractivity contribution in [1.82, 2.24) is 14.8 Å². The molecule has 0 saturated heterocycles. The first-order chi connectivity index (χ1) is 19.9. The van der Waals surface area contributed by atoms with Gasteiger partial charge in [0, 0.05) is 37.2 Å². The highest BCUT2D eigenvalue weighted by Gasteiger charge is 2.32. The highest BCUT2D eigenvalue weighted by molar-refractivity contribution is 6.04. The van der Waals surface area contributed by atoms with Gasteiger partial charge in [-0.25, -0.2) is 0 Å². The maximum absolute atomic E-state index is 13.8. The quantitative estimate of drug-likeness (QED) is 0.479. The molecule has 2 amide bonds. The zero-order valence-corrected chi connectivity index (χ0v) is 23.8. The molecule has 0 saturated carbocycles. The summed E-state index contributed by atoms with van der Waals surface area (Å²) in [6, 6.07) is 13.9. The summed E-state index contributed by atoms with van der Waals surface area (Å²) in [5, 5.41) is 0. The second-order valence-electron chi connectivity index (χ2n) is 11.1. The van der Waals surface area contributed by atoms with Crippen molar-refractivity contribution in [2.45, 2.75) is 58.4 Å². The fourth-order valence-corrected chi connectivity index (χ4v) is 6.48. The molecule has 3 aliphatic heterocycles. The molecule has 8 nitrogen and oxygen atoms in total. The largest absolute Gasteiger partial charge is 0.494 e. The number of hydrogen-bond donors (Lipinski definition) is 1. The van der Waals surface area contributed by atoms with Gasteiger partial charge in [-0.1, -0.05) is 25.1 Å². The van der Waals surface area contributed by atoms with E-state index in [0.29, 0.717) is 63.4 Å². The van der Waals surface area contributed by atoms with Crippen LogP contribution < -0.4 is 9.47 Å². The molecule has 1 aromatic heterocycles. The Bertz CT molecular complexity index is 1490. The lowest BCUT2D eigenvalue weighted by Gasteiger charge is -2.38. The fraction of sp³-hybridized carbons (Fsp3) is 0.424. The topological polar surface area (TPSA) is 91.9 Å². The Morgan fingerprint density at radius 1 is 0.951 bits per heavy atom. The number of aromatic nitrogens is 1. The minimum atomic E-state index is -0.174. The van der Waals surface area contributed by atoms with E-state index in [9.17, 15) is 14.4 Å². The second-order valence-corrected chi connectivity index (χ2v) is 11.1. The SMILES string of the molecule is CCC(=O)N1CCc2cc3ccc2C1c1cccc(c1)OCCCN(C(=O)c1[nH]c2c(c1C)C(=O)CCC2)CCO3. The summed E-state index contributed by atoms with van der Waals surface area (Å²) in [4.78, 5) is 46.3. The molecule has 8 heteroatoms.